The van der Waals surface area contributed by atoms with Crippen LogP contribution >= 0.6 is 52.5 Å². The van der Waals surface area contributed by atoms with E-state index in [2.05, 4.69) is 26.2 Å². The Morgan fingerprint density at radius 1 is 1.28 bits per heavy atom. The van der Waals surface area contributed by atoms with Gasteiger partial charge in [0.05, 0.1) is 0 Å². The van der Waals surface area contributed by atoms with Crippen LogP contribution in [0.25, 0.3) is 0 Å². The lowest BCUT2D eigenvalue weighted by Gasteiger charge is -2.23. The molecule has 1 amide bonds. The number of hydrogen-bond acceptors (Lipinski definition) is 4. The van der Waals surface area contributed by atoms with Gasteiger partial charge in [-0.05, 0) is 43.3 Å². The van der Waals surface area contributed by atoms with Crippen molar-refractivity contribution in [3.05, 3.63) is 52.6 Å². The van der Waals surface area contributed by atoms with E-state index in [-0.39, 0.29) is 36.8 Å². The highest BCUT2D eigenvalue weighted by Crippen LogP contribution is 2.28. The summed E-state index contributed by atoms with van der Waals surface area (Å²) in [5, 5.41) is 4.11. The standard InChI is InChI=1S/C17H18BrN3OS.2ClH/c1-21(13-8-9-19-11-13)17(22)15-6-3-7-16(20-15)23-14-5-2-4-12(18)10-14;;/h2-7,10,13,19H,8-9,11H2,1H3;2*1H. The Labute approximate surface area is 173 Å². The highest BCUT2D eigenvalue weighted by atomic mass is 79.9. The molecule has 2 heterocycles. The molecule has 2 aromatic rings. The van der Waals surface area contributed by atoms with E-state index < -0.39 is 0 Å². The third-order valence-corrected chi connectivity index (χ3v) is 5.28. The summed E-state index contributed by atoms with van der Waals surface area (Å²) in [4.78, 5) is 20.0. The zero-order valence-electron chi connectivity index (χ0n) is 13.6. The molecule has 1 aliphatic rings. The summed E-state index contributed by atoms with van der Waals surface area (Å²) in [6, 6.07) is 13.9. The van der Waals surface area contributed by atoms with Crippen molar-refractivity contribution >= 4 is 58.4 Å². The monoisotopic (exact) mass is 463 g/mol. The Balaban J connectivity index is 0.00000156. The number of likely N-dealkylation sites (N-methyl/N-ethyl adjacent to an activating group) is 1. The fraction of sp³-hybridized carbons (Fsp3) is 0.294. The first-order valence-corrected chi connectivity index (χ1v) is 9.13. The van der Waals surface area contributed by atoms with E-state index in [0.717, 1.165) is 33.9 Å². The Morgan fingerprint density at radius 2 is 2.04 bits per heavy atom. The highest BCUT2D eigenvalue weighted by Gasteiger charge is 2.24. The predicted octanol–water partition coefficient (Wildman–Crippen LogP) is 4.27. The van der Waals surface area contributed by atoms with Crippen LogP contribution in [-0.4, -0.2) is 42.0 Å². The molecule has 1 aromatic heterocycles. The Kier molecular flexibility index (Phi) is 9.24. The minimum absolute atomic E-state index is 0. The molecule has 0 bridgehead atoms. The molecule has 0 saturated carbocycles. The molecule has 1 aliphatic heterocycles. The van der Waals surface area contributed by atoms with E-state index in [1.807, 2.05) is 43.4 Å². The van der Waals surface area contributed by atoms with Crippen LogP contribution in [0.3, 0.4) is 0 Å². The lowest BCUT2D eigenvalue weighted by atomic mass is 10.2. The zero-order chi connectivity index (χ0) is 16.2. The van der Waals surface area contributed by atoms with Crippen LogP contribution in [0, 0.1) is 0 Å². The van der Waals surface area contributed by atoms with Crippen molar-refractivity contribution in [2.24, 2.45) is 0 Å². The maximum absolute atomic E-state index is 12.6. The predicted molar refractivity (Wildman–Crippen MR) is 110 cm³/mol. The lowest BCUT2D eigenvalue weighted by Crippen LogP contribution is -2.38. The number of rotatable bonds is 4. The largest absolute Gasteiger partial charge is 0.336 e. The molecular weight excluding hydrogens is 445 g/mol. The van der Waals surface area contributed by atoms with Crippen molar-refractivity contribution < 1.29 is 4.79 Å². The molecule has 136 valence electrons. The molecular formula is C17H20BrCl2N3OS. The number of carbonyl (C=O) groups is 1. The van der Waals surface area contributed by atoms with Gasteiger partial charge >= 0.3 is 0 Å². The topological polar surface area (TPSA) is 45.2 Å². The molecule has 3 rings (SSSR count). The Bertz CT molecular complexity index is 714. The van der Waals surface area contributed by atoms with Gasteiger partial charge < -0.3 is 10.2 Å². The average molecular weight is 465 g/mol. The Morgan fingerprint density at radius 3 is 2.72 bits per heavy atom. The molecule has 8 heteroatoms. The molecule has 1 unspecified atom stereocenters. The second-order valence-corrected chi connectivity index (χ2v) is 7.49. The van der Waals surface area contributed by atoms with Crippen molar-refractivity contribution in [1.82, 2.24) is 15.2 Å². The quantitative estimate of drug-likeness (QED) is 0.733. The second-order valence-electron chi connectivity index (χ2n) is 5.48. The van der Waals surface area contributed by atoms with Crippen LogP contribution in [-0.2, 0) is 0 Å². The first-order valence-electron chi connectivity index (χ1n) is 7.52. The van der Waals surface area contributed by atoms with Crippen molar-refractivity contribution in [2.75, 3.05) is 20.1 Å². The van der Waals surface area contributed by atoms with Crippen molar-refractivity contribution in [3.63, 3.8) is 0 Å². The number of halogens is 3. The van der Waals surface area contributed by atoms with Crippen LogP contribution in [0.1, 0.15) is 16.9 Å². The molecule has 0 spiro atoms. The fourth-order valence-electron chi connectivity index (χ4n) is 2.56. The summed E-state index contributed by atoms with van der Waals surface area (Å²) in [7, 11) is 1.86. The molecule has 1 aromatic carbocycles. The normalized spacial score (nSPS) is 15.8. The van der Waals surface area contributed by atoms with Gasteiger partial charge in [0.25, 0.3) is 5.91 Å². The van der Waals surface area contributed by atoms with Crippen molar-refractivity contribution in [3.8, 4) is 0 Å². The van der Waals surface area contributed by atoms with E-state index >= 15 is 0 Å². The first kappa shape index (κ1) is 22.3. The summed E-state index contributed by atoms with van der Waals surface area (Å²) < 4.78 is 1.03. The third kappa shape index (κ3) is 5.86. The molecule has 25 heavy (non-hydrogen) atoms. The van der Waals surface area contributed by atoms with Crippen LogP contribution in [0.15, 0.2) is 56.9 Å². The lowest BCUT2D eigenvalue weighted by molar-refractivity contribution is 0.0737. The molecule has 4 nitrogen and oxygen atoms in total. The number of nitrogens with one attached hydrogen (secondary N) is 1. The van der Waals surface area contributed by atoms with Crippen molar-refractivity contribution in [2.45, 2.75) is 22.4 Å². The molecule has 0 radical (unpaired) electrons. The van der Waals surface area contributed by atoms with E-state index in [0.29, 0.717) is 5.69 Å². The van der Waals surface area contributed by atoms with Gasteiger partial charge in [-0.1, -0.05) is 39.8 Å². The number of carbonyl (C=O) groups excluding carboxylic acids is 1. The second kappa shape index (κ2) is 10.4. The average Bonchev–Trinajstić information content (AvgIpc) is 3.08. The summed E-state index contributed by atoms with van der Waals surface area (Å²) in [5.74, 6) is -0.0182. The summed E-state index contributed by atoms with van der Waals surface area (Å²) >= 11 is 5.02. The van der Waals surface area contributed by atoms with Gasteiger partial charge in [-0.15, -0.1) is 24.8 Å². The fourth-order valence-corrected chi connectivity index (χ4v) is 3.97. The van der Waals surface area contributed by atoms with E-state index in [4.69, 9.17) is 0 Å². The number of pyridine rings is 1. The van der Waals surface area contributed by atoms with Crippen LogP contribution in [0.5, 0.6) is 0 Å². The number of aromatic nitrogens is 1. The summed E-state index contributed by atoms with van der Waals surface area (Å²) in [6.07, 6.45) is 0.995. The van der Waals surface area contributed by atoms with E-state index in [1.165, 1.54) is 0 Å². The molecule has 1 N–H and O–H groups in total. The van der Waals surface area contributed by atoms with Crippen molar-refractivity contribution in [1.29, 1.82) is 0 Å². The van der Waals surface area contributed by atoms with Gasteiger partial charge in [-0.3, -0.25) is 4.79 Å². The summed E-state index contributed by atoms with van der Waals surface area (Å²) in [6.45, 7) is 1.82. The van der Waals surface area contributed by atoms with Gasteiger partial charge in [0.2, 0.25) is 0 Å². The van der Waals surface area contributed by atoms with Crippen LogP contribution in [0.4, 0.5) is 0 Å². The van der Waals surface area contributed by atoms with Gasteiger partial charge in [0, 0.05) is 29.0 Å². The maximum Gasteiger partial charge on any atom is 0.272 e. The van der Waals surface area contributed by atoms with Crippen LogP contribution in [0.2, 0.25) is 0 Å². The third-order valence-electron chi connectivity index (χ3n) is 3.86. The minimum Gasteiger partial charge on any atom is -0.336 e. The Hall–Kier alpha value is -0.790. The molecule has 1 fully saturated rings. The van der Waals surface area contributed by atoms with Gasteiger partial charge in [-0.25, -0.2) is 4.98 Å². The maximum atomic E-state index is 12.6. The van der Waals surface area contributed by atoms with Gasteiger partial charge in [0.1, 0.15) is 10.7 Å². The zero-order valence-corrected chi connectivity index (χ0v) is 17.7. The number of benzene rings is 1. The van der Waals surface area contributed by atoms with Gasteiger partial charge in [-0.2, -0.15) is 0 Å². The number of amides is 1. The highest BCUT2D eigenvalue weighted by molar-refractivity contribution is 9.10. The SMILES string of the molecule is CN(C(=O)c1cccc(Sc2cccc(Br)c2)n1)C1CCNC1.Cl.Cl. The van der Waals surface area contributed by atoms with Crippen LogP contribution < -0.4 is 5.32 Å². The molecule has 0 aliphatic carbocycles. The first-order chi connectivity index (χ1) is 11.1. The van der Waals surface area contributed by atoms with Gasteiger partial charge in [0.15, 0.2) is 0 Å². The molecule has 1 atom stereocenters. The molecule has 1 saturated heterocycles. The minimum atomic E-state index is -0.0182. The summed E-state index contributed by atoms with van der Waals surface area (Å²) in [5.41, 5.74) is 0.499. The number of hydrogen-bond donors (Lipinski definition) is 1. The van der Waals surface area contributed by atoms with E-state index in [9.17, 15) is 4.79 Å². The van der Waals surface area contributed by atoms with E-state index in [1.54, 1.807) is 22.7 Å². The smallest absolute Gasteiger partial charge is 0.272 e. The number of nitrogens with zero attached hydrogens (tertiary/aromatic N) is 2.